The molecule has 1 aromatic carbocycles. The van der Waals surface area contributed by atoms with E-state index >= 15 is 0 Å². The molecule has 0 aliphatic carbocycles. The summed E-state index contributed by atoms with van der Waals surface area (Å²) in [4.78, 5) is 14.6. The smallest absolute Gasteiger partial charge is 0.404 e. The third-order valence-corrected chi connectivity index (χ3v) is 7.25. The molecule has 0 saturated carbocycles. The maximum atomic E-state index is 13.2. The monoisotopic (exact) mass is 444 g/mol. The summed E-state index contributed by atoms with van der Waals surface area (Å²) >= 11 is 4.50. The number of benzene rings is 1. The molecule has 3 rings (SSSR count). The van der Waals surface area contributed by atoms with Crippen LogP contribution in [0.1, 0.15) is 11.3 Å². The van der Waals surface area contributed by atoms with Crippen LogP contribution in [0.3, 0.4) is 0 Å². The minimum absolute atomic E-state index is 0.0913. The second kappa shape index (κ2) is 8.52. The van der Waals surface area contributed by atoms with Crippen LogP contribution in [-0.4, -0.2) is 18.6 Å². The fourth-order valence-corrected chi connectivity index (χ4v) is 6.24. The number of thiophene rings is 1. The fraction of sp³-hybridized carbons (Fsp3) is 0.0625. The molecule has 0 saturated heterocycles. The topological polar surface area (TPSA) is 100.0 Å². The van der Waals surface area contributed by atoms with Crippen LogP contribution >= 0.6 is 30.5 Å². The molecular weight excluding hydrogens is 431 g/mol. The Bertz CT molecular complexity index is 974. The van der Waals surface area contributed by atoms with Crippen molar-refractivity contribution < 1.29 is 22.7 Å². The number of anilines is 1. The number of hydrogen-bond donors (Lipinski definition) is 2. The van der Waals surface area contributed by atoms with Crippen molar-refractivity contribution in [2.24, 2.45) is 0 Å². The largest absolute Gasteiger partial charge is 0.420 e. The van der Waals surface area contributed by atoms with Gasteiger partial charge in [0.2, 0.25) is 0 Å². The van der Waals surface area contributed by atoms with Gasteiger partial charge in [-0.2, -0.15) is 0 Å². The van der Waals surface area contributed by atoms with Gasteiger partial charge in [0.05, 0.1) is 0 Å². The van der Waals surface area contributed by atoms with Crippen LogP contribution in [0.15, 0.2) is 66.2 Å². The first kappa shape index (κ1) is 20.0. The van der Waals surface area contributed by atoms with Crippen molar-refractivity contribution in [1.29, 1.82) is 0 Å². The molecule has 2 N–H and O–H groups in total. The first-order chi connectivity index (χ1) is 12.9. The van der Waals surface area contributed by atoms with E-state index in [0.29, 0.717) is 10.6 Å². The molecule has 0 aliphatic heterocycles. The van der Waals surface area contributed by atoms with Gasteiger partial charge in [-0.1, -0.05) is 41.9 Å². The summed E-state index contributed by atoms with van der Waals surface area (Å²) in [5, 5.41) is 1.93. The molecule has 0 bridgehead atoms. The van der Waals surface area contributed by atoms with Crippen molar-refractivity contribution in [2.45, 2.75) is 5.78 Å². The van der Waals surface area contributed by atoms with Crippen molar-refractivity contribution in [3.8, 4) is 5.75 Å². The number of aromatic nitrogens is 1. The van der Waals surface area contributed by atoms with E-state index in [9.17, 15) is 18.2 Å². The molecule has 0 aliphatic rings. The molecule has 27 heavy (non-hydrogen) atoms. The molecule has 2 heterocycles. The molecule has 0 fully saturated rings. The van der Waals surface area contributed by atoms with Crippen LogP contribution in [0.5, 0.6) is 5.75 Å². The molecule has 2 aromatic heterocycles. The number of rotatable bonds is 7. The molecule has 7 nitrogen and oxygen atoms in total. The highest BCUT2D eigenvalue weighted by Crippen LogP contribution is 2.59. The second-order valence-electron chi connectivity index (χ2n) is 5.24. The van der Waals surface area contributed by atoms with Gasteiger partial charge < -0.3 is 9.42 Å². The molecule has 0 spiro atoms. The highest BCUT2D eigenvalue weighted by atomic mass is 35.5. The summed E-state index contributed by atoms with van der Waals surface area (Å²) in [5.41, 5.74) is 0.333. The molecule has 0 radical (unpaired) electrons. The van der Waals surface area contributed by atoms with Crippen LogP contribution in [0.25, 0.3) is 0 Å². The summed E-state index contributed by atoms with van der Waals surface area (Å²) in [6.45, 7) is 0. The first-order valence-electron chi connectivity index (χ1n) is 7.51. The average molecular weight is 445 g/mol. The normalized spacial score (nSPS) is 15.5. The predicted molar refractivity (Wildman–Crippen MR) is 106 cm³/mol. The maximum absolute atomic E-state index is 13.2. The van der Waals surface area contributed by atoms with E-state index in [4.69, 9.17) is 16.1 Å². The average Bonchev–Trinajstić information content (AvgIpc) is 3.15. The van der Waals surface area contributed by atoms with Crippen molar-refractivity contribution in [2.75, 3.05) is 4.31 Å². The molecule has 3 atom stereocenters. The van der Waals surface area contributed by atoms with Gasteiger partial charge in [0, 0.05) is 6.20 Å². The van der Waals surface area contributed by atoms with Crippen molar-refractivity contribution >= 4 is 46.8 Å². The Morgan fingerprint density at radius 1 is 1.19 bits per heavy atom. The number of halogens is 1. The lowest BCUT2D eigenvalue weighted by Crippen LogP contribution is -2.31. The Balaban J connectivity index is 2.10. The van der Waals surface area contributed by atoms with E-state index in [-0.39, 0.29) is 10.9 Å². The number of nitrogens with zero attached hydrogens (tertiary/aromatic N) is 2. The molecule has 3 unspecified atom stereocenters. The Morgan fingerprint density at radius 2 is 1.93 bits per heavy atom. The van der Waals surface area contributed by atoms with Crippen LogP contribution in [0, 0.1) is 0 Å². The standard InChI is InChI=1S/C16H14ClN2O5PS2/c17-15-13(8-4-10-18-15)24-25(20,21)16(12-6-2-1-3-7-12)19(27(22)23)14-9-5-11-26-14/h1-11,16H,(H,20,21)(H,22,23). The van der Waals surface area contributed by atoms with Gasteiger partial charge in [-0.3, -0.25) is 4.55 Å². The number of pyridine rings is 1. The minimum atomic E-state index is -4.57. The lowest BCUT2D eigenvalue weighted by atomic mass is 10.2. The number of hydrogen-bond acceptors (Lipinski definition) is 5. The Hall–Kier alpha value is -1.74. The lowest BCUT2D eigenvalue weighted by molar-refractivity contribution is 0.365. The zero-order valence-corrected chi connectivity index (χ0v) is 16.9. The van der Waals surface area contributed by atoms with Crippen molar-refractivity contribution in [3.05, 3.63) is 76.9 Å². The third kappa shape index (κ3) is 4.57. The van der Waals surface area contributed by atoms with E-state index in [1.165, 1.54) is 18.3 Å². The lowest BCUT2D eigenvalue weighted by Gasteiger charge is -2.31. The Labute approximate surface area is 167 Å². The third-order valence-electron chi connectivity index (χ3n) is 3.47. The highest BCUT2D eigenvalue weighted by Gasteiger charge is 2.43. The quantitative estimate of drug-likeness (QED) is 0.311. The molecule has 0 amide bonds. The van der Waals surface area contributed by atoms with Crippen LogP contribution in [0.4, 0.5) is 5.00 Å². The summed E-state index contributed by atoms with van der Waals surface area (Å²) in [6.07, 6.45) is 1.41. The van der Waals surface area contributed by atoms with Gasteiger partial charge in [0.1, 0.15) is 5.00 Å². The summed E-state index contributed by atoms with van der Waals surface area (Å²) in [5.74, 6) is -1.54. The van der Waals surface area contributed by atoms with E-state index in [1.807, 2.05) is 0 Å². The highest BCUT2D eigenvalue weighted by molar-refractivity contribution is 7.81. The van der Waals surface area contributed by atoms with Crippen LogP contribution in [-0.2, 0) is 15.8 Å². The van der Waals surface area contributed by atoms with E-state index in [0.717, 1.165) is 15.6 Å². The van der Waals surface area contributed by atoms with Gasteiger partial charge in [-0.05, 0) is 35.2 Å². The van der Waals surface area contributed by atoms with Crippen LogP contribution < -0.4 is 8.83 Å². The Morgan fingerprint density at radius 3 is 2.52 bits per heavy atom. The first-order valence-corrected chi connectivity index (χ1v) is 11.5. The van der Waals surface area contributed by atoms with Gasteiger partial charge >= 0.3 is 7.60 Å². The van der Waals surface area contributed by atoms with E-state index in [2.05, 4.69) is 4.98 Å². The van der Waals surface area contributed by atoms with E-state index in [1.54, 1.807) is 47.8 Å². The van der Waals surface area contributed by atoms with Gasteiger partial charge in [0.15, 0.2) is 16.7 Å². The molecule has 11 heteroatoms. The zero-order chi connectivity index (χ0) is 19.4. The van der Waals surface area contributed by atoms with Gasteiger partial charge in [-0.25, -0.2) is 18.1 Å². The van der Waals surface area contributed by atoms with Gasteiger partial charge in [0.25, 0.3) is 11.3 Å². The van der Waals surface area contributed by atoms with Crippen LogP contribution in [0.2, 0.25) is 5.15 Å². The minimum Gasteiger partial charge on any atom is -0.420 e. The molecular formula is C16H14ClN2O5PS2. The summed E-state index contributed by atoms with van der Waals surface area (Å²) in [7, 11) is -4.57. The van der Waals surface area contributed by atoms with E-state index < -0.39 is 24.6 Å². The van der Waals surface area contributed by atoms with Crippen molar-refractivity contribution in [1.82, 2.24) is 4.98 Å². The summed E-state index contributed by atoms with van der Waals surface area (Å²) in [6, 6.07) is 14.3. The molecule has 142 valence electrons. The van der Waals surface area contributed by atoms with Gasteiger partial charge in [-0.15, -0.1) is 11.3 Å². The predicted octanol–water partition coefficient (Wildman–Crippen LogP) is 4.70. The zero-order valence-electron chi connectivity index (χ0n) is 13.6. The summed E-state index contributed by atoms with van der Waals surface area (Å²) < 4.78 is 41.5. The molecule has 3 aromatic rings. The fourth-order valence-electron chi connectivity index (χ4n) is 2.39. The second-order valence-corrected chi connectivity index (χ2v) is 9.18. The maximum Gasteiger partial charge on any atom is 0.404 e. The Kier molecular flexibility index (Phi) is 6.31. The van der Waals surface area contributed by atoms with Crippen molar-refractivity contribution in [3.63, 3.8) is 0 Å². The SMILES string of the molecule is O=S(O)N(c1cccs1)C(c1ccccc1)P(=O)(O)Oc1cccnc1Cl.